The Morgan fingerprint density at radius 2 is 1.91 bits per heavy atom. The molecule has 2 heterocycles. The highest BCUT2D eigenvalue weighted by Crippen LogP contribution is 2.17. The van der Waals surface area contributed by atoms with E-state index in [9.17, 15) is 13.2 Å². The van der Waals surface area contributed by atoms with Crippen LogP contribution in [-0.2, 0) is 14.8 Å². The highest BCUT2D eigenvalue weighted by molar-refractivity contribution is 7.89. The molecular formula is C14H28ClN3O3S. The smallest absolute Gasteiger partial charge is 0.237 e. The molecule has 2 aliphatic rings. The van der Waals surface area contributed by atoms with Gasteiger partial charge in [0.2, 0.25) is 15.9 Å². The largest absolute Gasteiger partial charge is 0.352 e. The average Bonchev–Trinajstić information content (AvgIpc) is 2.91. The monoisotopic (exact) mass is 353 g/mol. The van der Waals surface area contributed by atoms with E-state index >= 15 is 0 Å². The summed E-state index contributed by atoms with van der Waals surface area (Å²) in [6, 6.07) is 0.0399. The van der Waals surface area contributed by atoms with Crippen LogP contribution in [0.3, 0.4) is 0 Å². The van der Waals surface area contributed by atoms with Crippen molar-refractivity contribution in [3.63, 3.8) is 0 Å². The molecule has 6 nitrogen and oxygen atoms in total. The summed E-state index contributed by atoms with van der Waals surface area (Å²) < 4.78 is 25.9. The number of nitrogens with zero attached hydrogens (tertiary/aromatic N) is 1. The number of piperidine rings is 1. The molecule has 2 rings (SSSR count). The summed E-state index contributed by atoms with van der Waals surface area (Å²) >= 11 is 0. The lowest BCUT2D eigenvalue weighted by atomic mass is 10.1. The van der Waals surface area contributed by atoms with Crippen molar-refractivity contribution in [2.45, 2.75) is 51.6 Å². The molecule has 0 spiro atoms. The lowest BCUT2D eigenvalue weighted by Gasteiger charge is -2.32. The predicted molar refractivity (Wildman–Crippen MR) is 89.6 cm³/mol. The van der Waals surface area contributed by atoms with Crippen LogP contribution in [0.5, 0.6) is 0 Å². The van der Waals surface area contributed by atoms with Crippen LogP contribution >= 0.6 is 12.4 Å². The minimum absolute atomic E-state index is 0. The van der Waals surface area contributed by atoms with Gasteiger partial charge >= 0.3 is 0 Å². The predicted octanol–water partition coefficient (Wildman–Crippen LogP) is 0.727. The number of hydrogen-bond donors (Lipinski definition) is 2. The Morgan fingerprint density at radius 1 is 1.27 bits per heavy atom. The third-order valence-corrected chi connectivity index (χ3v) is 6.35. The maximum Gasteiger partial charge on any atom is 0.237 e. The SMILES string of the molecule is CC(C)CS(=O)(=O)N1CCC(NC(=O)C2CCCN2)CC1.Cl. The number of hydrogen-bond acceptors (Lipinski definition) is 4. The Morgan fingerprint density at radius 3 is 2.41 bits per heavy atom. The average molecular weight is 354 g/mol. The summed E-state index contributed by atoms with van der Waals surface area (Å²) in [5.74, 6) is 0.410. The normalized spacial score (nSPS) is 24.2. The van der Waals surface area contributed by atoms with Crippen LogP contribution in [0.25, 0.3) is 0 Å². The molecule has 0 saturated carbocycles. The van der Waals surface area contributed by atoms with E-state index in [2.05, 4.69) is 10.6 Å². The minimum atomic E-state index is -3.14. The van der Waals surface area contributed by atoms with Crippen LogP contribution < -0.4 is 10.6 Å². The van der Waals surface area contributed by atoms with Gasteiger partial charge in [-0.3, -0.25) is 4.79 Å². The second kappa shape index (κ2) is 8.47. The molecule has 2 N–H and O–H groups in total. The maximum absolute atomic E-state index is 12.2. The van der Waals surface area contributed by atoms with Gasteiger partial charge in [0.25, 0.3) is 0 Å². The lowest BCUT2D eigenvalue weighted by Crippen LogP contribution is -2.50. The van der Waals surface area contributed by atoms with Crippen LogP contribution in [-0.4, -0.2) is 56.1 Å². The van der Waals surface area contributed by atoms with Crippen LogP contribution in [0, 0.1) is 5.92 Å². The summed E-state index contributed by atoms with van der Waals surface area (Å²) in [5.41, 5.74) is 0. The van der Waals surface area contributed by atoms with Gasteiger partial charge in [0.15, 0.2) is 0 Å². The maximum atomic E-state index is 12.2. The van der Waals surface area contributed by atoms with Gasteiger partial charge in [-0.1, -0.05) is 13.8 Å². The Bertz CT molecular complexity index is 456. The van der Waals surface area contributed by atoms with Gasteiger partial charge in [-0.25, -0.2) is 12.7 Å². The van der Waals surface area contributed by atoms with Crippen LogP contribution in [0.2, 0.25) is 0 Å². The van der Waals surface area contributed by atoms with Gasteiger partial charge in [0, 0.05) is 19.1 Å². The fourth-order valence-corrected chi connectivity index (χ4v) is 4.84. The minimum Gasteiger partial charge on any atom is -0.352 e. The quantitative estimate of drug-likeness (QED) is 0.763. The van der Waals surface area contributed by atoms with E-state index in [-0.39, 0.29) is 42.1 Å². The molecule has 2 fully saturated rings. The molecule has 22 heavy (non-hydrogen) atoms. The second-order valence-electron chi connectivity index (χ2n) is 6.50. The van der Waals surface area contributed by atoms with E-state index < -0.39 is 10.0 Å². The Kier molecular flexibility index (Phi) is 7.58. The van der Waals surface area contributed by atoms with Crippen LogP contribution in [0.4, 0.5) is 0 Å². The molecule has 130 valence electrons. The fraction of sp³-hybridized carbons (Fsp3) is 0.929. The summed E-state index contributed by atoms with van der Waals surface area (Å²) in [6.07, 6.45) is 3.35. The van der Waals surface area contributed by atoms with Crippen molar-refractivity contribution in [3.05, 3.63) is 0 Å². The van der Waals surface area contributed by atoms with E-state index in [1.807, 2.05) is 13.8 Å². The van der Waals surface area contributed by atoms with E-state index in [4.69, 9.17) is 0 Å². The van der Waals surface area contributed by atoms with Gasteiger partial charge in [-0.05, 0) is 38.1 Å². The lowest BCUT2D eigenvalue weighted by molar-refractivity contribution is -0.123. The van der Waals surface area contributed by atoms with Gasteiger partial charge < -0.3 is 10.6 Å². The first kappa shape index (κ1) is 19.7. The third kappa shape index (κ3) is 5.37. The molecule has 0 aromatic rings. The number of nitrogens with one attached hydrogen (secondary N) is 2. The number of sulfonamides is 1. The molecule has 0 aliphatic carbocycles. The van der Waals surface area contributed by atoms with Crippen LogP contribution in [0.15, 0.2) is 0 Å². The molecule has 0 radical (unpaired) electrons. The Hall–Kier alpha value is -0.370. The van der Waals surface area contributed by atoms with E-state index in [1.54, 1.807) is 4.31 Å². The zero-order chi connectivity index (χ0) is 15.5. The zero-order valence-electron chi connectivity index (χ0n) is 13.4. The molecule has 1 amide bonds. The molecular weight excluding hydrogens is 326 g/mol. The first-order valence-corrected chi connectivity index (χ1v) is 9.51. The molecule has 1 unspecified atom stereocenters. The van der Waals surface area contributed by atoms with Crippen molar-refractivity contribution in [1.82, 2.24) is 14.9 Å². The van der Waals surface area contributed by atoms with Crippen molar-refractivity contribution >= 4 is 28.3 Å². The third-order valence-electron chi connectivity index (χ3n) is 4.11. The molecule has 0 bridgehead atoms. The molecule has 2 saturated heterocycles. The second-order valence-corrected chi connectivity index (χ2v) is 8.52. The Labute approximate surface area is 139 Å². The van der Waals surface area contributed by atoms with Crippen molar-refractivity contribution in [1.29, 1.82) is 0 Å². The van der Waals surface area contributed by atoms with Crippen molar-refractivity contribution < 1.29 is 13.2 Å². The first-order chi connectivity index (χ1) is 9.88. The summed E-state index contributed by atoms with van der Waals surface area (Å²) in [7, 11) is -3.14. The zero-order valence-corrected chi connectivity index (χ0v) is 15.0. The van der Waals surface area contributed by atoms with Gasteiger partial charge in [-0.15, -0.1) is 12.4 Å². The van der Waals surface area contributed by atoms with E-state index in [0.717, 1.165) is 19.4 Å². The Balaban J connectivity index is 0.00000242. The van der Waals surface area contributed by atoms with Gasteiger partial charge in [-0.2, -0.15) is 0 Å². The highest BCUT2D eigenvalue weighted by Gasteiger charge is 2.30. The van der Waals surface area contributed by atoms with Crippen LogP contribution in [0.1, 0.15) is 39.5 Å². The van der Waals surface area contributed by atoms with Gasteiger partial charge in [0.05, 0.1) is 11.8 Å². The fourth-order valence-electron chi connectivity index (χ4n) is 3.02. The topological polar surface area (TPSA) is 78.5 Å². The summed E-state index contributed by atoms with van der Waals surface area (Å²) in [5, 5.41) is 6.23. The number of rotatable bonds is 5. The summed E-state index contributed by atoms with van der Waals surface area (Å²) in [4.78, 5) is 12.0. The van der Waals surface area contributed by atoms with Crippen molar-refractivity contribution in [2.24, 2.45) is 5.92 Å². The van der Waals surface area contributed by atoms with Gasteiger partial charge in [0.1, 0.15) is 0 Å². The first-order valence-electron chi connectivity index (χ1n) is 7.90. The molecule has 8 heteroatoms. The molecule has 0 aromatic heterocycles. The van der Waals surface area contributed by atoms with E-state index in [0.29, 0.717) is 25.9 Å². The number of carbonyl (C=O) groups excluding carboxylic acids is 1. The van der Waals surface area contributed by atoms with E-state index in [1.165, 1.54) is 0 Å². The standard InChI is InChI=1S/C14H27N3O3S.ClH/c1-11(2)10-21(19,20)17-8-5-12(6-9-17)16-14(18)13-4-3-7-15-13;/h11-13,15H,3-10H2,1-2H3,(H,16,18);1H. The number of halogens is 1. The van der Waals surface area contributed by atoms with Crippen molar-refractivity contribution in [3.8, 4) is 0 Å². The molecule has 1 atom stereocenters. The number of carbonyl (C=O) groups is 1. The molecule has 2 aliphatic heterocycles. The molecule has 0 aromatic carbocycles. The number of amides is 1. The summed E-state index contributed by atoms with van der Waals surface area (Å²) in [6.45, 7) is 5.76. The highest BCUT2D eigenvalue weighted by atomic mass is 35.5. The van der Waals surface area contributed by atoms with Crippen molar-refractivity contribution in [2.75, 3.05) is 25.4 Å².